The number of ketones is 1. The van der Waals surface area contributed by atoms with Crippen molar-refractivity contribution in [3.8, 4) is 0 Å². The van der Waals surface area contributed by atoms with E-state index in [0.29, 0.717) is 0 Å². The standard InChI is InChI=1S/C11H16O/c1-8-6-5-7-11(3,4)10(8)9(2)12/h5,7H,6H2,1-4H3. The molecule has 1 nitrogen and oxygen atoms in total. The van der Waals surface area contributed by atoms with Crippen LogP contribution >= 0.6 is 0 Å². The highest BCUT2D eigenvalue weighted by molar-refractivity contribution is 5.96. The highest BCUT2D eigenvalue weighted by Gasteiger charge is 2.27. The topological polar surface area (TPSA) is 17.1 Å². The molecule has 0 aliphatic heterocycles. The Morgan fingerprint density at radius 1 is 1.50 bits per heavy atom. The average molecular weight is 164 g/mol. The zero-order valence-corrected chi connectivity index (χ0v) is 8.27. The van der Waals surface area contributed by atoms with Crippen molar-refractivity contribution in [1.82, 2.24) is 0 Å². The fourth-order valence-corrected chi connectivity index (χ4v) is 2.02. The van der Waals surface area contributed by atoms with Crippen LogP contribution in [-0.4, -0.2) is 5.78 Å². The maximum atomic E-state index is 11.3. The smallest absolute Gasteiger partial charge is 0.156 e. The third kappa shape index (κ3) is 1.50. The van der Waals surface area contributed by atoms with Gasteiger partial charge in [0.15, 0.2) is 5.78 Å². The van der Waals surface area contributed by atoms with E-state index in [9.17, 15) is 4.79 Å². The molecule has 1 aliphatic rings. The number of hydrogen-bond donors (Lipinski definition) is 0. The van der Waals surface area contributed by atoms with Gasteiger partial charge in [-0.05, 0) is 20.3 Å². The Morgan fingerprint density at radius 2 is 2.08 bits per heavy atom. The Labute approximate surface area is 74.2 Å². The van der Waals surface area contributed by atoms with E-state index in [1.54, 1.807) is 6.92 Å². The number of allylic oxidation sites excluding steroid dienone is 4. The van der Waals surface area contributed by atoms with Crippen molar-refractivity contribution >= 4 is 5.78 Å². The van der Waals surface area contributed by atoms with E-state index in [1.807, 2.05) is 6.92 Å². The molecule has 1 aliphatic carbocycles. The molecule has 0 unspecified atom stereocenters. The molecule has 1 heteroatoms. The Hall–Kier alpha value is -0.850. The van der Waals surface area contributed by atoms with Gasteiger partial charge < -0.3 is 0 Å². The van der Waals surface area contributed by atoms with Crippen LogP contribution in [-0.2, 0) is 4.79 Å². The minimum Gasteiger partial charge on any atom is -0.295 e. The molecule has 0 aromatic heterocycles. The molecule has 0 aromatic rings. The third-order valence-corrected chi connectivity index (χ3v) is 2.38. The van der Waals surface area contributed by atoms with Crippen molar-refractivity contribution in [3.05, 3.63) is 23.3 Å². The first-order chi connectivity index (χ1) is 5.45. The summed E-state index contributed by atoms with van der Waals surface area (Å²) in [6.45, 7) is 7.87. The predicted molar refractivity (Wildman–Crippen MR) is 50.9 cm³/mol. The molecule has 66 valence electrons. The van der Waals surface area contributed by atoms with E-state index < -0.39 is 0 Å². The molecule has 0 amide bonds. The van der Waals surface area contributed by atoms with Crippen molar-refractivity contribution in [2.45, 2.75) is 34.1 Å². The summed E-state index contributed by atoms with van der Waals surface area (Å²) in [5, 5.41) is 0. The number of rotatable bonds is 1. The van der Waals surface area contributed by atoms with Gasteiger partial charge in [-0.2, -0.15) is 0 Å². The van der Waals surface area contributed by atoms with Gasteiger partial charge in [0.2, 0.25) is 0 Å². The molecule has 1 rings (SSSR count). The molecule has 12 heavy (non-hydrogen) atoms. The molecule has 0 atom stereocenters. The van der Waals surface area contributed by atoms with Crippen molar-refractivity contribution in [1.29, 1.82) is 0 Å². The normalized spacial score (nSPS) is 21.3. The fraction of sp³-hybridized carbons (Fsp3) is 0.545. The van der Waals surface area contributed by atoms with Crippen molar-refractivity contribution in [2.75, 3.05) is 0 Å². The summed E-state index contributed by atoms with van der Waals surface area (Å²) in [4.78, 5) is 11.3. The second-order valence-corrected chi connectivity index (χ2v) is 4.04. The number of carbonyl (C=O) groups is 1. The van der Waals surface area contributed by atoms with Crippen LogP contribution in [0, 0.1) is 5.41 Å². The lowest BCUT2D eigenvalue weighted by atomic mass is 9.76. The number of Topliss-reactive ketones (excluding diaryl/α,β-unsaturated/α-hetero) is 1. The first-order valence-electron chi connectivity index (χ1n) is 4.34. The second-order valence-electron chi connectivity index (χ2n) is 4.04. The van der Waals surface area contributed by atoms with Crippen LogP contribution in [0.25, 0.3) is 0 Å². The Kier molecular flexibility index (Phi) is 2.22. The van der Waals surface area contributed by atoms with Gasteiger partial charge in [0.25, 0.3) is 0 Å². The van der Waals surface area contributed by atoms with Crippen LogP contribution in [0.2, 0.25) is 0 Å². The van der Waals surface area contributed by atoms with E-state index >= 15 is 0 Å². The van der Waals surface area contributed by atoms with Crippen molar-refractivity contribution < 1.29 is 4.79 Å². The van der Waals surface area contributed by atoms with Gasteiger partial charge in [-0.25, -0.2) is 0 Å². The van der Waals surface area contributed by atoms with Crippen LogP contribution in [0.3, 0.4) is 0 Å². The van der Waals surface area contributed by atoms with Gasteiger partial charge in [-0.1, -0.05) is 31.6 Å². The van der Waals surface area contributed by atoms with E-state index in [2.05, 4.69) is 26.0 Å². The highest BCUT2D eigenvalue weighted by atomic mass is 16.1. The van der Waals surface area contributed by atoms with Gasteiger partial charge in [-0.3, -0.25) is 4.79 Å². The Bertz CT molecular complexity index is 267. The van der Waals surface area contributed by atoms with Crippen LogP contribution in [0.1, 0.15) is 34.1 Å². The fourth-order valence-electron chi connectivity index (χ4n) is 2.02. The number of hydrogen-bond acceptors (Lipinski definition) is 1. The zero-order chi connectivity index (χ0) is 9.35. The van der Waals surface area contributed by atoms with Crippen LogP contribution in [0.4, 0.5) is 0 Å². The molecule has 0 bridgehead atoms. The van der Waals surface area contributed by atoms with Gasteiger partial charge in [-0.15, -0.1) is 0 Å². The SMILES string of the molecule is CC(=O)C1=C(C)CC=CC1(C)C. The summed E-state index contributed by atoms with van der Waals surface area (Å²) < 4.78 is 0. The monoisotopic (exact) mass is 164 g/mol. The lowest BCUT2D eigenvalue weighted by Gasteiger charge is -2.28. The molecule has 0 aromatic carbocycles. The van der Waals surface area contributed by atoms with Gasteiger partial charge in [0.05, 0.1) is 0 Å². The lowest BCUT2D eigenvalue weighted by molar-refractivity contribution is -0.114. The maximum absolute atomic E-state index is 11.3. The zero-order valence-electron chi connectivity index (χ0n) is 8.27. The first kappa shape index (κ1) is 9.24. The van der Waals surface area contributed by atoms with Crippen LogP contribution in [0.15, 0.2) is 23.3 Å². The van der Waals surface area contributed by atoms with E-state index in [4.69, 9.17) is 0 Å². The molecule has 0 saturated heterocycles. The van der Waals surface area contributed by atoms with Gasteiger partial charge in [0.1, 0.15) is 0 Å². The number of carbonyl (C=O) groups excluding carboxylic acids is 1. The van der Waals surface area contributed by atoms with E-state index in [0.717, 1.165) is 12.0 Å². The molecule has 0 fully saturated rings. The Morgan fingerprint density at radius 3 is 2.42 bits per heavy atom. The van der Waals surface area contributed by atoms with E-state index in [-0.39, 0.29) is 11.2 Å². The van der Waals surface area contributed by atoms with Crippen molar-refractivity contribution in [3.63, 3.8) is 0 Å². The Balaban J connectivity index is 3.13. The molecular weight excluding hydrogens is 148 g/mol. The molecule has 0 saturated carbocycles. The molecular formula is C11H16O. The summed E-state index contributed by atoms with van der Waals surface area (Å²) in [7, 11) is 0. The molecule has 0 heterocycles. The highest BCUT2D eigenvalue weighted by Crippen LogP contribution is 2.35. The summed E-state index contributed by atoms with van der Waals surface area (Å²) in [5.41, 5.74) is 2.15. The van der Waals surface area contributed by atoms with Gasteiger partial charge >= 0.3 is 0 Å². The second kappa shape index (κ2) is 2.89. The summed E-state index contributed by atoms with van der Waals surface area (Å²) in [6, 6.07) is 0. The summed E-state index contributed by atoms with van der Waals surface area (Å²) >= 11 is 0. The predicted octanol–water partition coefficient (Wildman–Crippen LogP) is 2.88. The third-order valence-electron chi connectivity index (χ3n) is 2.38. The molecule has 0 N–H and O–H groups in total. The van der Waals surface area contributed by atoms with Crippen molar-refractivity contribution in [2.24, 2.45) is 5.41 Å². The quantitative estimate of drug-likeness (QED) is 0.545. The van der Waals surface area contributed by atoms with Crippen LogP contribution in [0.5, 0.6) is 0 Å². The lowest BCUT2D eigenvalue weighted by Crippen LogP contribution is -2.21. The summed E-state index contributed by atoms with van der Waals surface area (Å²) in [6.07, 6.45) is 5.19. The molecule has 0 spiro atoms. The largest absolute Gasteiger partial charge is 0.295 e. The maximum Gasteiger partial charge on any atom is 0.156 e. The van der Waals surface area contributed by atoms with Crippen LogP contribution < -0.4 is 0 Å². The molecule has 0 radical (unpaired) electrons. The first-order valence-corrected chi connectivity index (χ1v) is 4.34. The minimum atomic E-state index is -0.0613. The van der Waals surface area contributed by atoms with Gasteiger partial charge in [0, 0.05) is 11.0 Å². The minimum absolute atomic E-state index is 0.0613. The van der Waals surface area contributed by atoms with E-state index in [1.165, 1.54) is 5.57 Å². The summed E-state index contributed by atoms with van der Waals surface area (Å²) in [5.74, 6) is 0.210. The average Bonchev–Trinajstić information content (AvgIpc) is 1.82.